The number of nitrogens with one attached hydrogen (secondary N) is 1. The van der Waals surface area contributed by atoms with E-state index in [9.17, 15) is 4.79 Å². The Balaban J connectivity index is 1.82. The SMILES string of the molecule is O=C(ON(C(=S)Nc1ccccc1)c1ccccc1)c1ccc(Br)cc1. The van der Waals surface area contributed by atoms with Crippen molar-refractivity contribution in [1.29, 1.82) is 0 Å². The molecule has 0 aliphatic carbocycles. The van der Waals surface area contributed by atoms with Gasteiger partial charge in [0.05, 0.1) is 11.3 Å². The standard InChI is InChI=1S/C20H15BrN2O2S/c21-16-13-11-15(12-14-16)19(24)25-23(18-9-5-2-6-10-18)20(26)22-17-7-3-1-4-8-17/h1-14H,(H,22,26). The van der Waals surface area contributed by atoms with E-state index in [-0.39, 0.29) is 5.11 Å². The Labute approximate surface area is 165 Å². The Morgan fingerprint density at radius 2 is 1.46 bits per heavy atom. The first kappa shape index (κ1) is 18.1. The Hall–Kier alpha value is -2.70. The first-order chi connectivity index (χ1) is 12.6. The molecule has 0 aliphatic rings. The van der Waals surface area contributed by atoms with Gasteiger partial charge in [-0.3, -0.25) is 0 Å². The summed E-state index contributed by atoms with van der Waals surface area (Å²) in [4.78, 5) is 18.1. The summed E-state index contributed by atoms with van der Waals surface area (Å²) in [5, 5.41) is 4.65. The van der Waals surface area contributed by atoms with Crippen LogP contribution in [0.2, 0.25) is 0 Å². The zero-order valence-electron chi connectivity index (χ0n) is 13.6. The molecule has 3 aromatic carbocycles. The molecule has 0 heterocycles. The van der Waals surface area contributed by atoms with Gasteiger partial charge in [-0.2, -0.15) is 0 Å². The minimum absolute atomic E-state index is 0.257. The maximum absolute atomic E-state index is 12.5. The van der Waals surface area contributed by atoms with Gasteiger partial charge in [-0.05, 0) is 60.7 Å². The molecule has 0 saturated carbocycles. The van der Waals surface area contributed by atoms with Gasteiger partial charge in [0, 0.05) is 10.2 Å². The van der Waals surface area contributed by atoms with Crippen molar-refractivity contribution in [3.63, 3.8) is 0 Å². The van der Waals surface area contributed by atoms with Gasteiger partial charge in [0.15, 0.2) is 0 Å². The fourth-order valence-corrected chi connectivity index (χ4v) is 2.72. The third-order valence-corrected chi connectivity index (χ3v) is 4.25. The summed E-state index contributed by atoms with van der Waals surface area (Å²) in [7, 11) is 0. The second-order valence-corrected chi connectivity index (χ2v) is 6.61. The number of carbonyl (C=O) groups excluding carboxylic acids is 1. The van der Waals surface area contributed by atoms with E-state index in [1.54, 1.807) is 24.3 Å². The van der Waals surface area contributed by atoms with Gasteiger partial charge in [0.25, 0.3) is 0 Å². The summed E-state index contributed by atoms with van der Waals surface area (Å²) in [6.45, 7) is 0. The Kier molecular flexibility index (Phi) is 5.99. The highest BCUT2D eigenvalue weighted by Crippen LogP contribution is 2.19. The van der Waals surface area contributed by atoms with Crippen LogP contribution in [-0.4, -0.2) is 11.1 Å². The molecule has 0 fully saturated rings. The van der Waals surface area contributed by atoms with E-state index in [2.05, 4.69) is 21.2 Å². The first-order valence-electron chi connectivity index (χ1n) is 7.82. The molecule has 3 aromatic rings. The van der Waals surface area contributed by atoms with Crippen molar-refractivity contribution in [3.8, 4) is 0 Å². The molecular formula is C20H15BrN2O2S. The lowest BCUT2D eigenvalue weighted by Crippen LogP contribution is -2.36. The summed E-state index contributed by atoms with van der Waals surface area (Å²) in [5.41, 5.74) is 1.88. The molecule has 0 radical (unpaired) electrons. The second-order valence-electron chi connectivity index (χ2n) is 5.31. The predicted molar refractivity (Wildman–Crippen MR) is 111 cm³/mol. The molecule has 3 rings (SSSR count). The van der Waals surface area contributed by atoms with Crippen molar-refractivity contribution in [1.82, 2.24) is 0 Å². The molecule has 0 saturated heterocycles. The number of halogens is 1. The number of nitrogens with zero attached hydrogens (tertiary/aromatic N) is 1. The Bertz CT molecular complexity index is 887. The van der Waals surface area contributed by atoms with Gasteiger partial charge in [-0.25, -0.2) is 4.79 Å². The minimum atomic E-state index is -0.501. The van der Waals surface area contributed by atoms with Gasteiger partial charge in [0.1, 0.15) is 0 Å². The van der Waals surface area contributed by atoms with E-state index in [0.717, 1.165) is 10.2 Å². The number of hydrogen-bond acceptors (Lipinski definition) is 3. The third-order valence-electron chi connectivity index (χ3n) is 3.45. The van der Waals surface area contributed by atoms with Crippen molar-refractivity contribution in [2.45, 2.75) is 0 Å². The van der Waals surface area contributed by atoms with E-state index in [0.29, 0.717) is 11.3 Å². The normalized spacial score (nSPS) is 10.0. The lowest BCUT2D eigenvalue weighted by Gasteiger charge is -2.24. The molecule has 4 nitrogen and oxygen atoms in total. The van der Waals surface area contributed by atoms with Gasteiger partial charge in [-0.1, -0.05) is 52.3 Å². The number of benzene rings is 3. The van der Waals surface area contributed by atoms with Crippen LogP contribution in [0.1, 0.15) is 10.4 Å². The first-order valence-corrected chi connectivity index (χ1v) is 9.03. The van der Waals surface area contributed by atoms with Crippen molar-refractivity contribution in [2.75, 3.05) is 10.4 Å². The Morgan fingerprint density at radius 1 is 0.885 bits per heavy atom. The van der Waals surface area contributed by atoms with Gasteiger partial charge in [0.2, 0.25) is 5.11 Å². The maximum Gasteiger partial charge on any atom is 0.363 e. The fourth-order valence-electron chi connectivity index (χ4n) is 2.19. The minimum Gasteiger partial charge on any atom is -0.330 e. The molecule has 0 atom stereocenters. The highest BCUT2D eigenvalue weighted by molar-refractivity contribution is 9.10. The van der Waals surface area contributed by atoms with Gasteiger partial charge in [-0.15, -0.1) is 5.06 Å². The smallest absolute Gasteiger partial charge is 0.330 e. The summed E-state index contributed by atoms with van der Waals surface area (Å²) >= 11 is 8.81. The average molecular weight is 427 g/mol. The molecule has 0 spiro atoms. The molecule has 0 bridgehead atoms. The van der Waals surface area contributed by atoms with Crippen LogP contribution < -0.4 is 10.4 Å². The van der Waals surface area contributed by atoms with Gasteiger partial charge >= 0.3 is 5.97 Å². The number of thiocarbonyl (C=S) groups is 1. The number of hydroxylamine groups is 1. The van der Waals surface area contributed by atoms with Crippen LogP contribution in [0.25, 0.3) is 0 Å². The topological polar surface area (TPSA) is 41.6 Å². The largest absolute Gasteiger partial charge is 0.363 e. The van der Waals surface area contributed by atoms with E-state index < -0.39 is 5.97 Å². The average Bonchev–Trinajstić information content (AvgIpc) is 2.68. The maximum atomic E-state index is 12.5. The summed E-state index contributed by atoms with van der Waals surface area (Å²) in [5.74, 6) is -0.501. The van der Waals surface area contributed by atoms with Crippen molar-refractivity contribution in [3.05, 3.63) is 95.0 Å². The molecule has 26 heavy (non-hydrogen) atoms. The quantitative estimate of drug-likeness (QED) is 0.446. The molecule has 130 valence electrons. The van der Waals surface area contributed by atoms with Crippen LogP contribution in [0, 0.1) is 0 Å². The zero-order valence-corrected chi connectivity index (χ0v) is 16.0. The van der Waals surface area contributed by atoms with Crippen LogP contribution in [0.15, 0.2) is 89.4 Å². The lowest BCUT2D eigenvalue weighted by atomic mass is 10.2. The number of carbonyl (C=O) groups is 1. The molecule has 0 amide bonds. The summed E-state index contributed by atoms with van der Waals surface area (Å²) in [6.07, 6.45) is 0. The zero-order chi connectivity index (χ0) is 18.4. The third kappa shape index (κ3) is 4.68. The second kappa shape index (κ2) is 8.60. The van der Waals surface area contributed by atoms with Crippen molar-refractivity contribution in [2.24, 2.45) is 0 Å². The number of para-hydroxylation sites is 2. The van der Waals surface area contributed by atoms with Crippen LogP contribution in [0.3, 0.4) is 0 Å². The van der Waals surface area contributed by atoms with Crippen LogP contribution >= 0.6 is 28.1 Å². The van der Waals surface area contributed by atoms with Crippen LogP contribution in [0.5, 0.6) is 0 Å². The van der Waals surface area contributed by atoms with Crippen molar-refractivity contribution < 1.29 is 9.63 Å². The van der Waals surface area contributed by atoms with Crippen molar-refractivity contribution >= 4 is 50.6 Å². The highest BCUT2D eigenvalue weighted by Gasteiger charge is 2.19. The molecular weight excluding hydrogens is 412 g/mol. The van der Waals surface area contributed by atoms with E-state index >= 15 is 0 Å². The molecule has 1 N–H and O–H groups in total. The molecule has 0 aliphatic heterocycles. The van der Waals surface area contributed by atoms with E-state index in [4.69, 9.17) is 17.1 Å². The van der Waals surface area contributed by atoms with E-state index in [1.165, 1.54) is 5.06 Å². The van der Waals surface area contributed by atoms with E-state index in [1.807, 2.05) is 60.7 Å². The Morgan fingerprint density at radius 3 is 2.08 bits per heavy atom. The molecule has 6 heteroatoms. The lowest BCUT2D eigenvalue weighted by molar-refractivity contribution is 0.0519. The number of hydrogen-bond donors (Lipinski definition) is 1. The summed E-state index contributed by atoms with van der Waals surface area (Å²) < 4.78 is 0.884. The predicted octanol–water partition coefficient (Wildman–Crippen LogP) is 5.42. The highest BCUT2D eigenvalue weighted by atomic mass is 79.9. The van der Waals surface area contributed by atoms with Gasteiger partial charge < -0.3 is 10.2 Å². The van der Waals surface area contributed by atoms with Crippen LogP contribution in [-0.2, 0) is 4.84 Å². The van der Waals surface area contributed by atoms with Crippen LogP contribution in [0.4, 0.5) is 11.4 Å². The number of rotatable bonds is 3. The molecule has 0 aromatic heterocycles. The monoisotopic (exact) mass is 426 g/mol. The number of anilines is 2. The molecule has 0 unspecified atom stereocenters. The summed E-state index contributed by atoms with van der Waals surface area (Å²) in [6, 6.07) is 25.6. The fraction of sp³-hybridized carbons (Fsp3) is 0.